The maximum Gasteiger partial charge on any atom is 0.340 e. The Labute approximate surface area is 179 Å². The molecule has 3 rings (SSSR count). The largest absolute Gasteiger partial charge is 0.462 e. The van der Waals surface area contributed by atoms with Gasteiger partial charge in [-0.15, -0.1) is 0 Å². The van der Waals surface area contributed by atoms with Crippen molar-refractivity contribution >= 4 is 23.0 Å². The number of anilines is 3. The molecule has 0 bridgehead atoms. The second-order valence-electron chi connectivity index (χ2n) is 7.24. The predicted molar refractivity (Wildman–Crippen MR) is 123 cm³/mol. The molecule has 0 spiro atoms. The molecule has 1 aliphatic rings. The number of nitrogens with one attached hydrogen (secondary N) is 1. The van der Waals surface area contributed by atoms with E-state index in [0.29, 0.717) is 31.9 Å². The quantitative estimate of drug-likeness (QED) is 0.626. The van der Waals surface area contributed by atoms with Crippen LogP contribution in [0.2, 0.25) is 0 Å². The van der Waals surface area contributed by atoms with Crippen molar-refractivity contribution in [1.29, 1.82) is 0 Å². The van der Waals surface area contributed by atoms with Gasteiger partial charge in [-0.25, -0.2) is 4.79 Å². The van der Waals surface area contributed by atoms with E-state index >= 15 is 0 Å². The number of hydrogen-bond acceptors (Lipinski definition) is 6. The molecule has 0 atom stereocenters. The van der Waals surface area contributed by atoms with Crippen molar-refractivity contribution in [3.05, 3.63) is 53.6 Å². The first-order valence-corrected chi connectivity index (χ1v) is 10.9. The monoisotopic (exact) mass is 411 g/mol. The van der Waals surface area contributed by atoms with E-state index in [1.165, 1.54) is 11.3 Å². The molecule has 1 N–H and O–H groups in total. The number of nitrogens with zero attached hydrogens (tertiary/aromatic N) is 2. The third kappa shape index (κ3) is 5.45. The molecule has 0 radical (unpaired) electrons. The van der Waals surface area contributed by atoms with E-state index in [9.17, 15) is 4.79 Å². The smallest absolute Gasteiger partial charge is 0.340 e. The number of morpholine rings is 1. The molecule has 1 saturated heterocycles. The Morgan fingerprint density at radius 3 is 2.40 bits per heavy atom. The van der Waals surface area contributed by atoms with Gasteiger partial charge in [0.1, 0.15) is 0 Å². The fourth-order valence-corrected chi connectivity index (χ4v) is 3.72. The second-order valence-corrected chi connectivity index (χ2v) is 7.24. The average molecular weight is 412 g/mol. The lowest BCUT2D eigenvalue weighted by molar-refractivity contribution is 0.0526. The average Bonchev–Trinajstić information content (AvgIpc) is 2.80. The van der Waals surface area contributed by atoms with Crippen molar-refractivity contribution < 1.29 is 14.3 Å². The minimum absolute atomic E-state index is 0.286. The maximum absolute atomic E-state index is 12.6. The standard InChI is InChI=1S/C24H33N3O3/c1-4-26(5-2)21-10-7-19(8-11-21)18-25-20-9-12-23(27-13-15-29-16-14-27)22(17-20)24(28)30-6-3/h7-12,17,25H,4-6,13-16,18H2,1-3H3. The molecule has 30 heavy (non-hydrogen) atoms. The molecule has 0 unspecified atom stereocenters. The zero-order chi connectivity index (χ0) is 21.3. The summed E-state index contributed by atoms with van der Waals surface area (Å²) in [6.07, 6.45) is 0. The molecule has 2 aromatic rings. The molecule has 6 nitrogen and oxygen atoms in total. The molecule has 0 aliphatic carbocycles. The normalized spacial score (nSPS) is 13.8. The van der Waals surface area contributed by atoms with Gasteiger partial charge >= 0.3 is 5.97 Å². The molecule has 0 saturated carbocycles. The highest BCUT2D eigenvalue weighted by atomic mass is 16.5. The van der Waals surface area contributed by atoms with Gasteiger partial charge in [0.05, 0.1) is 31.1 Å². The van der Waals surface area contributed by atoms with Crippen molar-refractivity contribution in [2.45, 2.75) is 27.3 Å². The number of ether oxygens (including phenoxy) is 2. The Balaban J connectivity index is 1.72. The summed E-state index contributed by atoms with van der Waals surface area (Å²) < 4.78 is 10.7. The predicted octanol–water partition coefficient (Wildman–Crippen LogP) is 4.16. The highest BCUT2D eigenvalue weighted by molar-refractivity contribution is 5.97. The van der Waals surface area contributed by atoms with Crippen molar-refractivity contribution in [2.75, 3.05) is 61.1 Å². The van der Waals surface area contributed by atoms with Crippen LogP contribution in [-0.2, 0) is 16.0 Å². The fraction of sp³-hybridized carbons (Fsp3) is 0.458. The number of esters is 1. The minimum Gasteiger partial charge on any atom is -0.462 e. The summed E-state index contributed by atoms with van der Waals surface area (Å²) in [6.45, 7) is 12.1. The van der Waals surface area contributed by atoms with Crippen LogP contribution in [0.25, 0.3) is 0 Å². The second kappa shape index (κ2) is 10.9. The van der Waals surface area contributed by atoms with Gasteiger partial charge in [-0.1, -0.05) is 12.1 Å². The summed E-state index contributed by atoms with van der Waals surface area (Å²) >= 11 is 0. The van der Waals surface area contributed by atoms with E-state index in [1.807, 2.05) is 25.1 Å². The van der Waals surface area contributed by atoms with Crippen molar-refractivity contribution in [3.63, 3.8) is 0 Å². The van der Waals surface area contributed by atoms with Crippen molar-refractivity contribution in [2.24, 2.45) is 0 Å². The van der Waals surface area contributed by atoms with Crippen LogP contribution in [0.15, 0.2) is 42.5 Å². The van der Waals surface area contributed by atoms with Gasteiger partial charge < -0.3 is 24.6 Å². The van der Waals surface area contributed by atoms with E-state index in [-0.39, 0.29) is 5.97 Å². The lowest BCUT2D eigenvalue weighted by atomic mass is 10.1. The molecule has 6 heteroatoms. The fourth-order valence-electron chi connectivity index (χ4n) is 3.72. The van der Waals surface area contributed by atoms with Crippen molar-refractivity contribution in [1.82, 2.24) is 0 Å². The van der Waals surface area contributed by atoms with E-state index in [4.69, 9.17) is 9.47 Å². The molecular weight excluding hydrogens is 378 g/mol. The lowest BCUT2D eigenvalue weighted by Crippen LogP contribution is -2.37. The lowest BCUT2D eigenvalue weighted by Gasteiger charge is -2.30. The topological polar surface area (TPSA) is 54.0 Å². The Morgan fingerprint density at radius 2 is 1.77 bits per heavy atom. The van der Waals surface area contributed by atoms with Gasteiger partial charge in [-0.05, 0) is 56.7 Å². The van der Waals surface area contributed by atoms with Crippen LogP contribution >= 0.6 is 0 Å². The van der Waals surface area contributed by atoms with Crippen LogP contribution in [0.1, 0.15) is 36.7 Å². The molecular formula is C24H33N3O3. The van der Waals surface area contributed by atoms with Gasteiger partial charge in [-0.3, -0.25) is 0 Å². The molecule has 0 aromatic heterocycles. The van der Waals surface area contributed by atoms with Gasteiger partial charge in [-0.2, -0.15) is 0 Å². The van der Waals surface area contributed by atoms with E-state index in [0.717, 1.165) is 37.6 Å². The summed E-state index contributed by atoms with van der Waals surface area (Å²) in [5, 5.41) is 3.44. The van der Waals surface area contributed by atoms with Crippen molar-refractivity contribution in [3.8, 4) is 0 Å². The third-order valence-corrected chi connectivity index (χ3v) is 5.41. The zero-order valence-electron chi connectivity index (χ0n) is 18.3. The van der Waals surface area contributed by atoms with Crippen LogP contribution in [0.4, 0.5) is 17.1 Å². The number of rotatable bonds is 9. The Bertz CT molecular complexity index is 813. The minimum atomic E-state index is -0.286. The van der Waals surface area contributed by atoms with E-state index < -0.39 is 0 Å². The molecule has 0 amide bonds. The summed E-state index contributed by atoms with van der Waals surface area (Å²) in [6, 6.07) is 14.5. The highest BCUT2D eigenvalue weighted by Crippen LogP contribution is 2.27. The summed E-state index contributed by atoms with van der Waals surface area (Å²) in [5.41, 5.74) is 4.85. The van der Waals surface area contributed by atoms with Gasteiger partial charge in [0, 0.05) is 44.1 Å². The number of carbonyl (C=O) groups excluding carboxylic acids is 1. The van der Waals surface area contributed by atoms with Crippen LogP contribution in [0, 0.1) is 0 Å². The molecule has 1 heterocycles. The number of benzene rings is 2. The molecule has 162 valence electrons. The highest BCUT2D eigenvalue weighted by Gasteiger charge is 2.20. The first-order valence-electron chi connectivity index (χ1n) is 10.9. The number of carbonyl (C=O) groups is 1. The number of hydrogen-bond donors (Lipinski definition) is 1. The first kappa shape index (κ1) is 22.0. The SMILES string of the molecule is CCOC(=O)c1cc(NCc2ccc(N(CC)CC)cc2)ccc1N1CCOCC1. The van der Waals surface area contributed by atoms with Gasteiger partial charge in [0.25, 0.3) is 0 Å². The Hall–Kier alpha value is -2.73. The first-order chi connectivity index (χ1) is 14.7. The summed E-state index contributed by atoms with van der Waals surface area (Å²) in [4.78, 5) is 17.1. The van der Waals surface area contributed by atoms with Crippen LogP contribution in [-0.4, -0.2) is 52.0 Å². The van der Waals surface area contributed by atoms with Gasteiger partial charge in [0.2, 0.25) is 0 Å². The third-order valence-electron chi connectivity index (χ3n) is 5.41. The molecule has 2 aromatic carbocycles. The Morgan fingerprint density at radius 1 is 1.07 bits per heavy atom. The van der Waals surface area contributed by atoms with E-state index in [2.05, 4.69) is 53.2 Å². The van der Waals surface area contributed by atoms with Crippen LogP contribution in [0.3, 0.4) is 0 Å². The summed E-state index contributed by atoms with van der Waals surface area (Å²) in [7, 11) is 0. The van der Waals surface area contributed by atoms with Crippen LogP contribution < -0.4 is 15.1 Å². The maximum atomic E-state index is 12.6. The summed E-state index contributed by atoms with van der Waals surface area (Å²) in [5.74, 6) is -0.286. The molecule has 1 aliphatic heterocycles. The van der Waals surface area contributed by atoms with Crippen LogP contribution in [0.5, 0.6) is 0 Å². The molecule has 1 fully saturated rings. The Kier molecular flexibility index (Phi) is 7.97. The zero-order valence-corrected chi connectivity index (χ0v) is 18.3. The van der Waals surface area contributed by atoms with Gasteiger partial charge in [0.15, 0.2) is 0 Å². The van der Waals surface area contributed by atoms with E-state index in [1.54, 1.807) is 0 Å².